The third-order valence-electron chi connectivity index (χ3n) is 5.07. The highest BCUT2D eigenvalue weighted by molar-refractivity contribution is 6.31. The molecule has 1 fully saturated rings. The fourth-order valence-corrected chi connectivity index (χ4v) is 3.70. The maximum Gasteiger partial charge on any atom is 0.229 e. The second-order valence-electron chi connectivity index (χ2n) is 7.02. The third kappa shape index (κ3) is 4.36. The van der Waals surface area contributed by atoms with Gasteiger partial charge < -0.3 is 10.6 Å². The summed E-state index contributed by atoms with van der Waals surface area (Å²) >= 11 is 5.91. The van der Waals surface area contributed by atoms with Crippen molar-refractivity contribution < 1.29 is 9.18 Å². The molecule has 0 heterocycles. The normalized spacial score (nSPS) is 17.3. The van der Waals surface area contributed by atoms with Crippen LogP contribution in [0.2, 0.25) is 5.02 Å². The first-order valence-electron chi connectivity index (χ1n) is 9.09. The van der Waals surface area contributed by atoms with E-state index in [9.17, 15) is 9.18 Å². The van der Waals surface area contributed by atoms with E-state index in [-0.39, 0.29) is 16.8 Å². The lowest BCUT2D eigenvalue weighted by molar-refractivity contribution is -0.124. The molecule has 1 unspecified atom stereocenters. The van der Waals surface area contributed by atoms with E-state index in [0.717, 1.165) is 37.7 Å². The lowest BCUT2D eigenvalue weighted by Gasteiger charge is -2.40. The first-order valence-corrected chi connectivity index (χ1v) is 9.47. The molecule has 2 N–H and O–H groups in total. The molecule has 0 bridgehead atoms. The van der Waals surface area contributed by atoms with E-state index in [1.165, 1.54) is 6.07 Å². The van der Waals surface area contributed by atoms with Gasteiger partial charge in [0.1, 0.15) is 11.5 Å². The molecular weight excluding hydrogens is 351 g/mol. The van der Waals surface area contributed by atoms with E-state index >= 15 is 0 Å². The number of benzene rings is 2. The minimum Gasteiger partial charge on any atom is -0.363 e. The molecule has 1 amide bonds. The molecule has 26 heavy (non-hydrogen) atoms. The second-order valence-corrected chi connectivity index (χ2v) is 7.43. The summed E-state index contributed by atoms with van der Waals surface area (Å²) in [5, 5.41) is 6.72. The van der Waals surface area contributed by atoms with Crippen molar-refractivity contribution in [3.63, 3.8) is 0 Å². The van der Waals surface area contributed by atoms with Crippen LogP contribution in [0.5, 0.6) is 0 Å². The Hall–Kier alpha value is -2.07. The number of anilines is 1. The van der Waals surface area contributed by atoms with Crippen molar-refractivity contribution in [2.24, 2.45) is 0 Å². The van der Waals surface area contributed by atoms with E-state index in [1.807, 2.05) is 37.3 Å². The van der Waals surface area contributed by atoms with Crippen molar-refractivity contribution in [3.8, 4) is 0 Å². The fourth-order valence-electron chi connectivity index (χ4n) is 3.52. The van der Waals surface area contributed by atoms with Gasteiger partial charge in [-0.2, -0.15) is 0 Å². The zero-order valence-corrected chi connectivity index (χ0v) is 15.7. The van der Waals surface area contributed by atoms with Gasteiger partial charge in [-0.05, 0) is 56.4 Å². The highest BCUT2D eigenvalue weighted by atomic mass is 35.5. The molecule has 0 spiro atoms. The van der Waals surface area contributed by atoms with Crippen LogP contribution in [0.1, 0.15) is 50.5 Å². The van der Waals surface area contributed by atoms with Crippen molar-refractivity contribution in [2.75, 3.05) is 5.32 Å². The molecule has 0 aromatic heterocycles. The van der Waals surface area contributed by atoms with Gasteiger partial charge in [0, 0.05) is 5.69 Å². The summed E-state index contributed by atoms with van der Waals surface area (Å²) in [4.78, 5) is 12.9. The number of carbonyl (C=O) groups is 1. The van der Waals surface area contributed by atoms with Gasteiger partial charge in [0.15, 0.2) is 0 Å². The van der Waals surface area contributed by atoms with E-state index < -0.39 is 11.5 Å². The molecule has 0 saturated heterocycles. The maximum absolute atomic E-state index is 13.4. The van der Waals surface area contributed by atoms with Crippen LogP contribution in [0.25, 0.3) is 0 Å². The Labute approximate surface area is 158 Å². The van der Waals surface area contributed by atoms with E-state index in [0.29, 0.717) is 5.69 Å². The number of nitrogens with one attached hydrogen (secondary N) is 2. The Morgan fingerprint density at radius 1 is 1.12 bits per heavy atom. The zero-order chi connectivity index (χ0) is 18.6. The SMILES string of the molecule is CC(C(=O)NC1(Nc2ccc(F)c(Cl)c2)CCCCC1)c1ccccc1. The molecular formula is C21H24ClFN2O. The summed E-state index contributed by atoms with van der Waals surface area (Å²) in [5.41, 5.74) is 1.17. The molecule has 2 aromatic carbocycles. The van der Waals surface area contributed by atoms with Crippen molar-refractivity contribution >= 4 is 23.2 Å². The lowest BCUT2D eigenvalue weighted by Crippen LogP contribution is -2.56. The monoisotopic (exact) mass is 374 g/mol. The zero-order valence-electron chi connectivity index (χ0n) is 14.9. The van der Waals surface area contributed by atoms with Crippen molar-refractivity contribution in [2.45, 2.75) is 50.6 Å². The number of halogens is 2. The Bertz CT molecular complexity index is 760. The van der Waals surface area contributed by atoms with Gasteiger partial charge in [-0.15, -0.1) is 0 Å². The van der Waals surface area contributed by atoms with E-state index in [2.05, 4.69) is 10.6 Å². The van der Waals surface area contributed by atoms with Crippen LogP contribution in [0.15, 0.2) is 48.5 Å². The first kappa shape index (κ1) is 18.7. The molecule has 2 aromatic rings. The highest BCUT2D eigenvalue weighted by Gasteiger charge is 2.35. The van der Waals surface area contributed by atoms with Gasteiger partial charge in [-0.25, -0.2) is 4.39 Å². The smallest absolute Gasteiger partial charge is 0.229 e. The molecule has 1 aliphatic rings. The molecule has 3 rings (SSSR count). The van der Waals surface area contributed by atoms with Crippen LogP contribution in [-0.4, -0.2) is 11.6 Å². The largest absolute Gasteiger partial charge is 0.363 e. The van der Waals surface area contributed by atoms with E-state index in [4.69, 9.17) is 11.6 Å². The Morgan fingerprint density at radius 2 is 1.81 bits per heavy atom. The molecule has 138 valence electrons. The molecule has 1 aliphatic carbocycles. The van der Waals surface area contributed by atoms with E-state index in [1.54, 1.807) is 12.1 Å². The Morgan fingerprint density at radius 3 is 2.46 bits per heavy atom. The molecule has 1 atom stereocenters. The summed E-state index contributed by atoms with van der Waals surface area (Å²) in [6.45, 7) is 1.91. The number of rotatable bonds is 5. The maximum atomic E-state index is 13.4. The van der Waals surface area contributed by atoms with Crippen LogP contribution in [-0.2, 0) is 4.79 Å². The molecule has 5 heteroatoms. The number of hydrogen-bond donors (Lipinski definition) is 2. The average molecular weight is 375 g/mol. The molecule has 1 saturated carbocycles. The summed E-state index contributed by atoms with van der Waals surface area (Å²) in [6.07, 6.45) is 4.87. The van der Waals surface area contributed by atoms with Crippen LogP contribution in [0, 0.1) is 5.82 Å². The van der Waals surface area contributed by atoms with Crippen LogP contribution in [0.3, 0.4) is 0 Å². The standard InChI is InChI=1S/C21H24ClFN2O/c1-15(16-8-4-2-5-9-16)20(26)25-21(12-6-3-7-13-21)24-17-10-11-19(23)18(22)14-17/h2,4-5,8-11,14-15,24H,3,6-7,12-13H2,1H3,(H,25,26). The molecule has 0 aliphatic heterocycles. The summed E-state index contributed by atoms with van der Waals surface area (Å²) in [7, 11) is 0. The third-order valence-corrected chi connectivity index (χ3v) is 5.36. The first-order chi connectivity index (χ1) is 12.5. The summed E-state index contributed by atoms with van der Waals surface area (Å²) < 4.78 is 13.4. The quantitative estimate of drug-likeness (QED) is 0.681. The Kier molecular flexibility index (Phi) is 5.82. The summed E-state index contributed by atoms with van der Waals surface area (Å²) in [6, 6.07) is 14.3. The van der Waals surface area contributed by atoms with Crippen LogP contribution in [0.4, 0.5) is 10.1 Å². The predicted molar refractivity (Wildman–Crippen MR) is 104 cm³/mol. The van der Waals surface area contributed by atoms with Crippen LogP contribution < -0.4 is 10.6 Å². The minimum absolute atomic E-state index is 0.0150. The van der Waals surface area contributed by atoms with Crippen molar-refractivity contribution in [3.05, 3.63) is 64.9 Å². The highest BCUT2D eigenvalue weighted by Crippen LogP contribution is 2.32. The van der Waals surface area contributed by atoms with Gasteiger partial charge in [0.2, 0.25) is 5.91 Å². The molecule has 0 radical (unpaired) electrons. The van der Waals surface area contributed by atoms with Crippen molar-refractivity contribution in [1.29, 1.82) is 0 Å². The van der Waals surface area contributed by atoms with Gasteiger partial charge in [0.25, 0.3) is 0 Å². The minimum atomic E-state index is -0.528. The predicted octanol–water partition coefficient (Wildman–Crippen LogP) is 5.47. The van der Waals surface area contributed by atoms with Crippen LogP contribution >= 0.6 is 11.6 Å². The van der Waals surface area contributed by atoms with Gasteiger partial charge in [-0.3, -0.25) is 4.79 Å². The van der Waals surface area contributed by atoms with Crippen molar-refractivity contribution in [1.82, 2.24) is 5.32 Å². The lowest BCUT2D eigenvalue weighted by atomic mass is 9.87. The number of carbonyl (C=O) groups excluding carboxylic acids is 1. The number of amides is 1. The number of hydrogen-bond acceptors (Lipinski definition) is 2. The van der Waals surface area contributed by atoms with Gasteiger partial charge in [0.05, 0.1) is 10.9 Å². The second kappa shape index (κ2) is 8.09. The van der Waals surface area contributed by atoms with Gasteiger partial charge >= 0.3 is 0 Å². The summed E-state index contributed by atoms with van der Waals surface area (Å²) in [5.74, 6) is -0.705. The van der Waals surface area contributed by atoms with Gasteiger partial charge in [-0.1, -0.05) is 48.4 Å². The fraction of sp³-hybridized carbons (Fsp3) is 0.381. The topological polar surface area (TPSA) is 41.1 Å². The average Bonchev–Trinajstić information content (AvgIpc) is 2.65. The molecule has 3 nitrogen and oxygen atoms in total. The Balaban J connectivity index is 1.78.